The predicted octanol–water partition coefficient (Wildman–Crippen LogP) is 1.21. The van der Waals surface area contributed by atoms with Crippen LogP contribution in [0.2, 0.25) is 0 Å². The number of β-amino-alcohol motifs (C(OH)–C–C–N with tert-alkyl or cyclic N) is 1. The fraction of sp³-hybridized carbons (Fsp3) is 0.364. The molecule has 1 N–H and O–H groups in total. The number of carbonyl (C=O) groups excluding carboxylic acids is 1. The molecule has 2 rings (SSSR count). The van der Waals surface area contributed by atoms with Gasteiger partial charge in [0.05, 0.1) is 17.4 Å². The first-order valence-corrected chi connectivity index (χ1v) is 4.82. The standard InChI is InChI=1S/C11H12FNO2/c1-7(14)11-9(12)3-2-4-10(11)13-5-8(15)6-13/h2-4,8,15H,5-6H2,1H3. The summed E-state index contributed by atoms with van der Waals surface area (Å²) in [5.74, 6) is -0.786. The van der Waals surface area contributed by atoms with Crippen LogP contribution in [0.25, 0.3) is 0 Å². The van der Waals surface area contributed by atoms with Crippen LogP contribution in [-0.2, 0) is 0 Å². The molecule has 0 radical (unpaired) electrons. The first kappa shape index (κ1) is 10.1. The van der Waals surface area contributed by atoms with Gasteiger partial charge in [0, 0.05) is 13.1 Å². The van der Waals surface area contributed by atoms with Crippen LogP contribution >= 0.6 is 0 Å². The van der Waals surface area contributed by atoms with Crippen LogP contribution in [0.15, 0.2) is 18.2 Å². The Kier molecular flexibility index (Phi) is 2.44. The summed E-state index contributed by atoms with van der Waals surface area (Å²) in [5, 5.41) is 9.16. The van der Waals surface area contributed by atoms with Crippen molar-refractivity contribution in [2.75, 3.05) is 18.0 Å². The summed E-state index contributed by atoms with van der Waals surface area (Å²) in [5.41, 5.74) is 0.692. The summed E-state index contributed by atoms with van der Waals surface area (Å²) < 4.78 is 13.4. The summed E-state index contributed by atoms with van der Waals surface area (Å²) in [4.78, 5) is 13.1. The van der Waals surface area contributed by atoms with Gasteiger partial charge < -0.3 is 10.0 Å². The normalized spacial score (nSPS) is 16.3. The van der Waals surface area contributed by atoms with Crippen molar-refractivity contribution in [1.82, 2.24) is 0 Å². The van der Waals surface area contributed by atoms with Gasteiger partial charge in [0.2, 0.25) is 0 Å². The van der Waals surface area contributed by atoms with E-state index in [4.69, 9.17) is 5.11 Å². The third-order valence-corrected chi connectivity index (χ3v) is 2.55. The maximum absolute atomic E-state index is 13.4. The molecule has 0 atom stereocenters. The smallest absolute Gasteiger partial charge is 0.164 e. The molecule has 1 aliphatic rings. The molecule has 0 aromatic heterocycles. The zero-order chi connectivity index (χ0) is 11.0. The minimum Gasteiger partial charge on any atom is -0.389 e. The lowest BCUT2D eigenvalue weighted by atomic mass is 10.0. The van der Waals surface area contributed by atoms with Crippen LogP contribution in [0.1, 0.15) is 17.3 Å². The number of aliphatic hydroxyl groups excluding tert-OH is 1. The highest BCUT2D eigenvalue weighted by molar-refractivity contribution is 6.00. The quantitative estimate of drug-likeness (QED) is 0.744. The summed E-state index contributed by atoms with van der Waals surface area (Å²) in [6.45, 7) is 2.27. The van der Waals surface area contributed by atoms with E-state index < -0.39 is 5.82 Å². The van der Waals surface area contributed by atoms with Crippen LogP contribution in [0.4, 0.5) is 10.1 Å². The van der Waals surface area contributed by atoms with Crippen LogP contribution in [0.5, 0.6) is 0 Å². The fourth-order valence-corrected chi connectivity index (χ4v) is 1.78. The predicted molar refractivity (Wildman–Crippen MR) is 54.6 cm³/mol. The molecule has 0 aliphatic carbocycles. The van der Waals surface area contributed by atoms with Gasteiger partial charge >= 0.3 is 0 Å². The molecule has 0 amide bonds. The SMILES string of the molecule is CC(=O)c1c(F)cccc1N1CC(O)C1. The summed E-state index contributed by atoms with van der Waals surface area (Å²) in [6.07, 6.45) is -0.368. The molecule has 0 spiro atoms. The Balaban J connectivity index is 2.38. The van der Waals surface area contributed by atoms with E-state index in [2.05, 4.69) is 0 Å². The van der Waals surface area contributed by atoms with Crippen molar-refractivity contribution in [2.24, 2.45) is 0 Å². The molecule has 4 heteroatoms. The van der Waals surface area contributed by atoms with Gasteiger partial charge in [0.25, 0.3) is 0 Å². The van der Waals surface area contributed by atoms with Gasteiger partial charge in [-0.2, -0.15) is 0 Å². The Hall–Kier alpha value is -1.42. The number of halogens is 1. The van der Waals surface area contributed by atoms with Gasteiger partial charge in [-0.05, 0) is 19.1 Å². The van der Waals surface area contributed by atoms with E-state index in [1.807, 2.05) is 0 Å². The number of Topliss-reactive ketones (excluding diaryl/α,β-unsaturated/α-hetero) is 1. The van der Waals surface area contributed by atoms with Crippen molar-refractivity contribution < 1.29 is 14.3 Å². The van der Waals surface area contributed by atoms with Gasteiger partial charge in [-0.15, -0.1) is 0 Å². The second-order valence-electron chi connectivity index (χ2n) is 3.75. The molecule has 0 bridgehead atoms. The molecular formula is C11H12FNO2. The van der Waals surface area contributed by atoms with Crippen LogP contribution < -0.4 is 4.90 Å². The zero-order valence-corrected chi connectivity index (χ0v) is 8.40. The third-order valence-electron chi connectivity index (χ3n) is 2.55. The maximum Gasteiger partial charge on any atom is 0.164 e. The van der Waals surface area contributed by atoms with Crippen molar-refractivity contribution in [3.8, 4) is 0 Å². The number of ketones is 1. The minimum atomic E-state index is -0.499. The number of rotatable bonds is 2. The summed E-state index contributed by atoms with van der Waals surface area (Å²) >= 11 is 0. The number of anilines is 1. The minimum absolute atomic E-state index is 0.115. The van der Waals surface area contributed by atoms with Crippen molar-refractivity contribution in [2.45, 2.75) is 13.0 Å². The Morgan fingerprint density at radius 1 is 1.53 bits per heavy atom. The number of nitrogens with zero attached hydrogens (tertiary/aromatic N) is 1. The summed E-state index contributed by atoms with van der Waals surface area (Å²) in [7, 11) is 0. The monoisotopic (exact) mass is 209 g/mol. The van der Waals surface area contributed by atoms with E-state index in [-0.39, 0.29) is 17.5 Å². The number of hydrogen-bond acceptors (Lipinski definition) is 3. The first-order chi connectivity index (χ1) is 7.09. The molecule has 3 nitrogen and oxygen atoms in total. The number of benzene rings is 1. The highest BCUT2D eigenvalue weighted by Gasteiger charge is 2.28. The molecular weight excluding hydrogens is 197 g/mol. The average molecular weight is 209 g/mol. The van der Waals surface area contributed by atoms with Gasteiger partial charge in [-0.25, -0.2) is 4.39 Å². The van der Waals surface area contributed by atoms with Crippen molar-refractivity contribution in [3.05, 3.63) is 29.6 Å². The van der Waals surface area contributed by atoms with Crippen molar-refractivity contribution in [3.63, 3.8) is 0 Å². The Bertz CT molecular complexity index is 400. The Morgan fingerprint density at radius 2 is 2.20 bits per heavy atom. The van der Waals surface area contributed by atoms with Crippen LogP contribution in [0.3, 0.4) is 0 Å². The lowest BCUT2D eigenvalue weighted by Gasteiger charge is -2.38. The zero-order valence-electron chi connectivity index (χ0n) is 8.40. The molecule has 15 heavy (non-hydrogen) atoms. The average Bonchev–Trinajstić information content (AvgIpc) is 2.12. The lowest BCUT2D eigenvalue weighted by molar-refractivity contribution is 0.101. The van der Waals surface area contributed by atoms with Crippen molar-refractivity contribution >= 4 is 11.5 Å². The number of aliphatic hydroxyl groups is 1. The molecule has 0 unspecified atom stereocenters. The highest BCUT2D eigenvalue weighted by atomic mass is 19.1. The largest absolute Gasteiger partial charge is 0.389 e. The number of hydrogen-bond donors (Lipinski definition) is 1. The molecule has 0 saturated carbocycles. The molecule has 1 aromatic rings. The lowest BCUT2D eigenvalue weighted by Crippen LogP contribution is -2.51. The Morgan fingerprint density at radius 3 is 2.73 bits per heavy atom. The highest BCUT2D eigenvalue weighted by Crippen LogP contribution is 2.27. The van der Waals surface area contributed by atoms with Gasteiger partial charge in [-0.1, -0.05) is 6.07 Å². The van der Waals surface area contributed by atoms with E-state index in [0.29, 0.717) is 18.8 Å². The van der Waals surface area contributed by atoms with Crippen LogP contribution in [-0.4, -0.2) is 30.1 Å². The second kappa shape index (κ2) is 3.62. The van der Waals surface area contributed by atoms with Gasteiger partial charge in [0.1, 0.15) is 5.82 Å². The van der Waals surface area contributed by atoms with Crippen LogP contribution in [0, 0.1) is 5.82 Å². The summed E-state index contributed by atoms with van der Waals surface area (Å²) in [6, 6.07) is 4.55. The topological polar surface area (TPSA) is 40.5 Å². The second-order valence-corrected chi connectivity index (χ2v) is 3.75. The van der Waals surface area contributed by atoms with Gasteiger partial charge in [0.15, 0.2) is 5.78 Å². The third kappa shape index (κ3) is 1.72. The van der Waals surface area contributed by atoms with E-state index in [1.165, 1.54) is 13.0 Å². The molecule has 1 fully saturated rings. The molecule has 80 valence electrons. The van der Waals surface area contributed by atoms with Gasteiger partial charge in [-0.3, -0.25) is 4.79 Å². The maximum atomic E-state index is 13.4. The number of carbonyl (C=O) groups is 1. The molecule has 1 saturated heterocycles. The van der Waals surface area contributed by atoms with E-state index >= 15 is 0 Å². The van der Waals surface area contributed by atoms with E-state index in [9.17, 15) is 9.18 Å². The molecule has 1 aromatic carbocycles. The Labute approximate surface area is 87.1 Å². The fourth-order valence-electron chi connectivity index (χ4n) is 1.78. The first-order valence-electron chi connectivity index (χ1n) is 4.82. The van der Waals surface area contributed by atoms with E-state index in [1.54, 1.807) is 17.0 Å². The molecule has 1 heterocycles. The van der Waals surface area contributed by atoms with E-state index in [0.717, 1.165) is 0 Å². The molecule has 1 aliphatic heterocycles. The van der Waals surface area contributed by atoms with Crippen molar-refractivity contribution in [1.29, 1.82) is 0 Å².